The molecule has 20 heavy (non-hydrogen) atoms. The topological polar surface area (TPSA) is 49.3 Å². The van der Waals surface area contributed by atoms with Gasteiger partial charge in [-0.2, -0.15) is 0 Å². The monoisotopic (exact) mass is 291 g/mol. The molecule has 3 nitrogen and oxygen atoms in total. The van der Waals surface area contributed by atoms with E-state index >= 15 is 0 Å². The number of aromatic carboxylic acids is 1. The lowest BCUT2D eigenvalue weighted by molar-refractivity contribution is 0.0701. The largest absolute Gasteiger partial charge is 0.477 e. The first-order valence-corrected chi connectivity index (χ1v) is 7.02. The van der Waals surface area contributed by atoms with E-state index in [4.69, 9.17) is 6.42 Å². The molecule has 0 saturated carbocycles. The van der Waals surface area contributed by atoms with Gasteiger partial charge in [-0.1, -0.05) is 18.9 Å². The Labute approximate surface area is 120 Å². The van der Waals surface area contributed by atoms with Gasteiger partial charge in [-0.25, -0.2) is 9.18 Å². The molecular weight excluding hydrogens is 277 g/mol. The van der Waals surface area contributed by atoms with Crippen molar-refractivity contribution in [3.63, 3.8) is 0 Å². The fourth-order valence-corrected chi connectivity index (χ4v) is 3.13. The number of terminal acetylenes is 1. The van der Waals surface area contributed by atoms with Crippen LogP contribution in [0.4, 0.5) is 4.39 Å². The minimum Gasteiger partial charge on any atom is -0.477 e. The number of hydrogen-bond acceptors (Lipinski definition) is 3. The van der Waals surface area contributed by atoms with Crippen molar-refractivity contribution in [1.29, 1.82) is 0 Å². The quantitative estimate of drug-likeness (QED) is 0.831. The number of rotatable bonds is 5. The molecule has 0 amide bonds. The number of carbonyl (C=O) groups is 1. The molecule has 0 aliphatic carbocycles. The van der Waals surface area contributed by atoms with Gasteiger partial charge >= 0.3 is 5.97 Å². The number of fused-ring (bicyclic) bond motifs is 1. The van der Waals surface area contributed by atoms with E-state index in [-0.39, 0.29) is 17.5 Å². The van der Waals surface area contributed by atoms with Gasteiger partial charge in [-0.3, -0.25) is 5.32 Å². The van der Waals surface area contributed by atoms with E-state index in [1.165, 1.54) is 6.07 Å². The molecule has 0 saturated heterocycles. The number of halogens is 1. The summed E-state index contributed by atoms with van der Waals surface area (Å²) in [4.78, 5) is 11.5. The fraction of sp³-hybridized carbons (Fsp3) is 0.267. The second kappa shape index (κ2) is 6.04. The molecule has 1 atom stereocenters. The van der Waals surface area contributed by atoms with E-state index in [2.05, 4.69) is 11.2 Å². The summed E-state index contributed by atoms with van der Waals surface area (Å²) in [5, 5.41) is 12.7. The van der Waals surface area contributed by atoms with E-state index in [1.807, 2.05) is 6.92 Å². The molecule has 0 radical (unpaired) electrons. The number of carboxylic acid groups (broad SMARTS) is 1. The number of benzene rings is 1. The lowest BCUT2D eigenvalue weighted by Gasteiger charge is -2.10. The van der Waals surface area contributed by atoms with Gasteiger partial charge < -0.3 is 5.11 Å². The minimum atomic E-state index is -1.05. The normalized spacial score (nSPS) is 12.2. The first-order valence-electron chi connectivity index (χ1n) is 6.21. The smallest absolute Gasteiger partial charge is 0.346 e. The third-order valence-electron chi connectivity index (χ3n) is 3.09. The molecule has 0 aliphatic heterocycles. The molecule has 0 spiro atoms. The second-order valence-corrected chi connectivity index (χ2v) is 5.39. The van der Waals surface area contributed by atoms with Crippen molar-refractivity contribution in [2.45, 2.75) is 25.9 Å². The molecule has 1 aromatic heterocycles. The van der Waals surface area contributed by atoms with Gasteiger partial charge in [0, 0.05) is 22.2 Å². The number of nitrogens with one attached hydrogen (secondary N) is 1. The van der Waals surface area contributed by atoms with E-state index < -0.39 is 11.8 Å². The van der Waals surface area contributed by atoms with Crippen LogP contribution in [0.15, 0.2) is 18.2 Å². The Morgan fingerprint density at radius 1 is 1.60 bits per heavy atom. The third-order valence-corrected chi connectivity index (χ3v) is 4.28. The Bertz CT molecular complexity index is 687. The van der Waals surface area contributed by atoms with Gasteiger partial charge in [0.05, 0.1) is 6.04 Å². The maximum atomic E-state index is 14.0. The number of hydrogen-bond donors (Lipinski definition) is 2. The standard InChI is InChI=1S/C15H14FNO2S/c1-3-9(4-2)17-8-10-13-11(16)6-5-7-12(13)20-14(10)15(18)19/h1,5-7,9,17H,4,8H2,2H3,(H,18,19). The van der Waals surface area contributed by atoms with Crippen LogP contribution in [-0.2, 0) is 6.54 Å². The molecule has 0 fully saturated rings. The van der Waals surface area contributed by atoms with E-state index in [0.29, 0.717) is 15.6 Å². The van der Waals surface area contributed by atoms with Gasteiger partial charge in [0.15, 0.2) is 0 Å². The first kappa shape index (κ1) is 14.5. The summed E-state index contributed by atoms with van der Waals surface area (Å²) < 4.78 is 14.6. The van der Waals surface area contributed by atoms with Crippen LogP contribution in [0.3, 0.4) is 0 Å². The average molecular weight is 291 g/mol. The molecule has 5 heteroatoms. The number of carboxylic acids is 1. The lowest BCUT2D eigenvalue weighted by atomic mass is 10.1. The van der Waals surface area contributed by atoms with Crippen molar-refractivity contribution >= 4 is 27.4 Å². The third kappa shape index (κ3) is 2.67. The molecule has 1 aromatic carbocycles. The lowest BCUT2D eigenvalue weighted by Crippen LogP contribution is -2.26. The van der Waals surface area contributed by atoms with Crippen LogP contribution < -0.4 is 5.32 Å². The first-order chi connectivity index (χ1) is 9.58. The summed E-state index contributed by atoms with van der Waals surface area (Å²) >= 11 is 1.08. The summed E-state index contributed by atoms with van der Waals surface area (Å²) in [5.74, 6) is 1.13. The Morgan fingerprint density at radius 2 is 2.35 bits per heavy atom. The second-order valence-electron chi connectivity index (χ2n) is 4.34. The summed E-state index contributed by atoms with van der Waals surface area (Å²) in [6.07, 6.45) is 6.09. The SMILES string of the molecule is C#CC(CC)NCc1c(C(=O)O)sc2cccc(F)c12. The highest BCUT2D eigenvalue weighted by Crippen LogP contribution is 2.33. The van der Waals surface area contributed by atoms with Gasteiger partial charge in [-0.15, -0.1) is 17.8 Å². The molecule has 0 bridgehead atoms. The Balaban J connectivity index is 2.46. The van der Waals surface area contributed by atoms with Crippen LogP contribution in [0.5, 0.6) is 0 Å². The molecule has 0 aliphatic rings. The summed E-state index contributed by atoms with van der Waals surface area (Å²) in [7, 11) is 0. The van der Waals surface area contributed by atoms with Crippen molar-refractivity contribution in [3.05, 3.63) is 34.5 Å². The fourth-order valence-electron chi connectivity index (χ4n) is 2.06. The van der Waals surface area contributed by atoms with Crippen molar-refractivity contribution in [1.82, 2.24) is 5.32 Å². The van der Waals surface area contributed by atoms with Gasteiger partial charge in [0.1, 0.15) is 10.7 Å². The zero-order chi connectivity index (χ0) is 14.7. The van der Waals surface area contributed by atoms with E-state index in [0.717, 1.165) is 17.8 Å². The van der Waals surface area contributed by atoms with E-state index in [1.54, 1.807) is 12.1 Å². The van der Waals surface area contributed by atoms with Crippen LogP contribution in [0.2, 0.25) is 0 Å². The maximum Gasteiger partial charge on any atom is 0.346 e. The minimum absolute atomic E-state index is 0.154. The molecule has 2 N–H and O–H groups in total. The summed E-state index contributed by atoms with van der Waals surface area (Å²) in [6, 6.07) is 4.48. The Kier molecular flexibility index (Phi) is 4.38. The van der Waals surface area contributed by atoms with E-state index in [9.17, 15) is 14.3 Å². The van der Waals surface area contributed by atoms with Crippen molar-refractivity contribution < 1.29 is 14.3 Å². The molecule has 2 aromatic rings. The van der Waals surface area contributed by atoms with Crippen LogP contribution in [0, 0.1) is 18.2 Å². The van der Waals surface area contributed by atoms with Crippen LogP contribution in [0.1, 0.15) is 28.6 Å². The molecular formula is C15H14FNO2S. The molecule has 104 valence electrons. The van der Waals surface area contributed by atoms with Gasteiger partial charge in [0.2, 0.25) is 0 Å². The van der Waals surface area contributed by atoms with Crippen molar-refractivity contribution in [2.24, 2.45) is 0 Å². The molecule has 2 rings (SSSR count). The predicted molar refractivity (Wildman–Crippen MR) is 78.5 cm³/mol. The Hall–Kier alpha value is -1.90. The van der Waals surface area contributed by atoms with Crippen molar-refractivity contribution in [2.75, 3.05) is 0 Å². The van der Waals surface area contributed by atoms with Crippen LogP contribution in [-0.4, -0.2) is 17.1 Å². The molecule has 1 unspecified atom stereocenters. The zero-order valence-corrected chi connectivity index (χ0v) is 11.8. The zero-order valence-electron chi connectivity index (χ0n) is 10.9. The highest BCUT2D eigenvalue weighted by atomic mass is 32.1. The molecule has 1 heterocycles. The average Bonchev–Trinajstić information content (AvgIpc) is 2.80. The van der Waals surface area contributed by atoms with Crippen LogP contribution in [0.25, 0.3) is 10.1 Å². The van der Waals surface area contributed by atoms with Gasteiger partial charge in [-0.05, 0) is 18.6 Å². The highest BCUT2D eigenvalue weighted by Gasteiger charge is 2.20. The highest BCUT2D eigenvalue weighted by molar-refractivity contribution is 7.21. The van der Waals surface area contributed by atoms with Crippen LogP contribution >= 0.6 is 11.3 Å². The number of thiophene rings is 1. The van der Waals surface area contributed by atoms with Gasteiger partial charge in [0.25, 0.3) is 0 Å². The predicted octanol–water partition coefficient (Wildman–Crippen LogP) is 3.24. The Morgan fingerprint density at radius 3 is 2.95 bits per heavy atom. The van der Waals surface area contributed by atoms with Crippen molar-refractivity contribution in [3.8, 4) is 12.3 Å². The maximum absolute atomic E-state index is 14.0. The summed E-state index contributed by atoms with van der Waals surface area (Å²) in [6.45, 7) is 2.17. The summed E-state index contributed by atoms with van der Waals surface area (Å²) in [5.41, 5.74) is 0.462.